The largest absolute Gasteiger partial charge is 0.516 e. The van der Waals surface area contributed by atoms with E-state index in [1.807, 2.05) is 0 Å². The lowest BCUT2D eigenvalue weighted by Crippen LogP contribution is -1.55. The Bertz CT molecular complexity index is 59.8. The molecule has 0 unspecified atom stereocenters. The number of hydrogen-bond acceptors (Lipinski definition) is 2. The Morgan fingerprint density at radius 3 is 2.67 bits per heavy atom. The molecule has 0 aliphatic rings. The van der Waals surface area contributed by atoms with Crippen LogP contribution in [-0.4, -0.2) is 11.3 Å². The molecule has 0 fully saturated rings. The van der Waals surface area contributed by atoms with Crippen LogP contribution < -0.4 is 0 Å². The van der Waals surface area contributed by atoms with Gasteiger partial charge in [0.15, 0.2) is 8.46 Å². The topological polar surface area (TPSA) is 37.3 Å². The minimum atomic E-state index is 0.0486. The van der Waals surface area contributed by atoms with Gasteiger partial charge in [-0.15, -0.1) is 0 Å². The van der Waals surface area contributed by atoms with E-state index in [1.165, 1.54) is 6.08 Å². The third kappa shape index (κ3) is 3.64. The van der Waals surface area contributed by atoms with Crippen LogP contribution in [0, 0.1) is 0 Å². The summed E-state index contributed by atoms with van der Waals surface area (Å²) in [6.07, 6.45) is 2.69. The Morgan fingerprint density at radius 1 is 1.83 bits per heavy atom. The molecule has 0 rings (SSSR count). The zero-order valence-electron chi connectivity index (χ0n) is 3.16. The SMILES string of the molecule is O=PC/C=C/O. The van der Waals surface area contributed by atoms with E-state index in [-0.39, 0.29) is 8.46 Å². The van der Waals surface area contributed by atoms with Crippen molar-refractivity contribution in [1.29, 1.82) is 0 Å². The van der Waals surface area contributed by atoms with E-state index >= 15 is 0 Å². The molecule has 0 aromatic rings. The van der Waals surface area contributed by atoms with Gasteiger partial charge in [0, 0.05) is 6.16 Å². The average Bonchev–Trinajstić information content (AvgIpc) is 1.61. The summed E-state index contributed by atoms with van der Waals surface area (Å²) in [5.41, 5.74) is 0. The van der Waals surface area contributed by atoms with E-state index in [9.17, 15) is 4.57 Å². The van der Waals surface area contributed by atoms with Crippen LogP contribution in [0.25, 0.3) is 0 Å². The van der Waals surface area contributed by atoms with Gasteiger partial charge in [-0.1, -0.05) is 0 Å². The standard InChI is InChI=1S/C3H5O2P/c4-2-1-3-6-5/h1-2,4H,3H2/b2-1+. The molecule has 0 saturated heterocycles. The van der Waals surface area contributed by atoms with Crippen LogP contribution in [0.15, 0.2) is 12.3 Å². The molecule has 0 saturated carbocycles. The average molecular weight is 104 g/mol. The minimum Gasteiger partial charge on any atom is -0.516 e. The second-order valence-corrected chi connectivity index (χ2v) is 1.32. The van der Waals surface area contributed by atoms with Gasteiger partial charge in [0.2, 0.25) is 0 Å². The lowest BCUT2D eigenvalue weighted by atomic mass is 10.7. The molecule has 0 amide bonds. The van der Waals surface area contributed by atoms with Crippen molar-refractivity contribution in [2.24, 2.45) is 0 Å². The monoisotopic (exact) mass is 104 g/mol. The van der Waals surface area contributed by atoms with E-state index in [0.717, 1.165) is 6.26 Å². The summed E-state index contributed by atoms with van der Waals surface area (Å²) in [6, 6.07) is 0. The molecular formula is C3H5O2P. The minimum absolute atomic E-state index is 0.0486. The molecule has 34 valence electrons. The van der Waals surface area contributed by atoms with Crippen LogP contribution in [0.4, 0.5) is 0 Å². The first-order chi connectivity index (χ1) is 2.91. The molecule has 1 N–H and O–H groups in total. The molecule has 0 spiro atoms. The Morgan fingerprint density at radius 2 is 2.50 bits per heavy atom. The Kier molecular flexibility index (Phi) is 4.36. The first kappa shape index (κ1) is 5.64. The molecule has 0 radical (unpaired) electrons. The smallest absolute Gasteiger partial charge is 0.159 e. The number of aliphatic hydroxyl groups excluding tert-OH is 1. The maximum atomic E-state index is 9.50. The zero-order chi connectivity index (χ0) is 4.83. The van der Waals surface area contributed by atoms with Crippen molar-refractivity contribution in [3.05, 3.63) is 12.3 Å². The zero-order valence-corrected chi connectivity index (χ0v) is 4.06. The highest BCUT2D eigenvalue weighted by Crippen LogP contribution is 1.87. The first-order valence-electron chi connectivity index (χ1n) is 1.50. The van der Waals surface area contributed by atoms with E-state index < -0.39 is 0 Å². The molecule has 0 aliphatic carbocycles. The number of allylic oxidation sites excluding steroid dienone is 1. The normalized spacial score (nSPS) is 10.7. The van der Waals surface area contributed by atoms with Gasteiger partial charge in [-0.3, -0.25) is 4.57 Å². The second-order valence-electron chi connectivity index (χ2n) is 0.696. The summed E-state index contributed by atoms with van der Waals surface area (Å²) in [5, 5.41) is 7.87. The molecule has 0 atom stereocenters. The Hall–Kier alpha value is -0.360. The number of aliphatic hydroxyl groups is 1. The fourth-order valence-corrected chi connectivity index (χ4v) is 0.271. The summed E-state index contributed by atoms with van der Waals surface area (Å²) in [7, 11) is 0.0486. The van der Waals surface area contributed by atoms with Gasteiger partial charge in [-0.25, -0.2) is 0 Å². The quantitative estimate of drug-likeness (QED) is 0.424. The second kappa shape index (κ2) is 4.64. The lowest BCUT2D eigenvalue weighted by molar-refractivity contribution is 0.472. The highest BCUT2D eigenvalue weighted by Gasteiger charge is 1.66. The summed E-state index contributed by atoms with van der Waals surface area (Å²) in [4.78, 5) is 0. The highest BCUT2D eigenvalue weighted by molar-refractivity contribution is 7.23. The maximum Gasteiger partial charge on any atom is 0.159 e. The van der Waals surface area contributed by atoms with Crippen molar-refractivity contribution in [2.75, 3.05) is 6.16 Å². The van der Waals surface area contributed by atoms with Crippen molar-refractivity contribution in [3.8, 4) is 0 Å². The third-order valence-corrected chi connectivity index (χ3v) is 0.645. The Labute approximate surface area is 37.7 Å². The van der Waals surface area contributed by atoms with Gasteiger partial charge in [-0.2, -0.15) is 0 Å². The lowest BCUT2D eigenvalue weighted by Gasteiger charge is -1.64. The van der Waals surface area contributed by atoms with Gasteiger partial charge in [0.05, 0.1) is 6.26 Å². The summed E-state index contributed by atoms with van der Waals surface area (Å²) in [5.74, 6) is 0. The van der Waals surface area contributed by atoms with Gasteiger partial charge in [0.1, 0.15) is 0 Å². The Balaban J connectivity index is 2.85. The third-order valence-electron chi connectivity index (χ3n) is 0.285. The molecule has 0 aliphatic heterocycles. The van der Waals surface area contributed by atoms with Gasteiger partial charge >= 0.3 is 0 Å². The molecular weight excluding hydrogens is 99.0 g/mol. The van der Waals surface area contributed by atoms with Gasteiger partial charge < -0.3 is 5.11 Å². The van der Waals surface area contributed by atoms with Gasteiger partial charge in [-0.05, 0) is 6.08 Å². The summed E-state index contributed by atoms with van der Waals surface area (Å²) >= 11 is 0. The van der Waals surface area contributed by atoms with Crippen molar-refractivity contribution in [1.82, 2.24) is 0 Å². The number of hydrogen-bond donors (Lipinski definition) is 1. The van der Waals surface area contributed by atoms with E-state index in [1.54, 1.807) is 0 Å². The molecule has 0 aromatic carbocycles. The van der Waals surface area contributed by atoms with Crippen LogP contribution in [0.1, 0.15) is 0 Å². The van der Waals surface area contributed by atoms with Crippen LogP contribution in [0.2, 0.25) is 0 Å². The summed E-state index contributed by atoms with van der Waals surface area (Å²) in [6.45, 7) is 0. The van der Waals surface area contributed by atoms with Gasteiger partial charge in [0.25, 0.3) is 0 Å². The van der Waals surface area contributed by atoms with Crippen LogP contribution in [-0.2, 0) is 4.57 Å². The molecule has 6 heavy (non-hydrogen) atoms. The fraction of sp³-hybridized carbons (Fsp3) is 0.333. The number of rotatable bonds is 2. The first-order valence-corrected chi connectivity index (χ1v) is 2.50. The van der Waals surface area contributed by atoms with Crippen LogP contribution in [0.5, 0.6) is 0 Å². The fourth-order valence-electron chi connectivity index (χ4n) is 0.0902. The molecule has 0 heterocycles. The summed E-state index contributed by atoms with van der Waals surface area (Å²) < 4.78 is 9.50. The van der Waals surface area contributed by atoms with Crippen LogP contribution in [0.3, 0.4) is 0 Å². The van der Waals surface area contributed by atoms with E-state index in [4.69, 9.17) is 5.11 Å². The van der Waals surface area contributed by atoms with E-state index in [0.29, 0.717) is 6.16 Å². The maximum absolute atomic E-state index is 9.50. The van der Waals surface area contributed by atoms with Crippen LogP contribution >= 0.6 is 8.46 Å². The van der Waals surface area contributed by atoms with Crippen molar-refractivity contribution in [2.45, 2.75) is 0 Å². The molecule has 2 nitrogen and oxygen atoms in total. The molecule has 3 heteroatoms. The highest BCUT2D eigenvalue weighted by atomic mass is 31.1. The van der Waals surface area contributed by atoms with E-state index in [2.05, 4.69) is 0 Å². The van der Waals surface area contributed by atoms with Crippen molar-refractivity contribution >= 4 is 8.46 Å². The predicted molar refractivity (Wildman–Crippen MR) is 24.2 cm³/mol. The predicted octanol–water partition coefficient (Wildman–Crippen LogP) is 1.35. The van der Waals surface area contributed by atoms with Crippen molar-refractivity contribution in [3.63, 3.8) is 0 Å². The van der Waals surface area contributed by atoms with Crippen molar-refractivity contribution < 1.29 is 9.67 Å². The molecule has 0 aromatic heterocycles. The molecule has 0 bridgehead atoms.